The van der Waals surface area contributed by atoms with Crippen LogP contribution >= 0.6 is 0 Å². The number of aromatic nitrogens is 2. The summed E-state index contributed by atoms with van der Waals surface area (Å²) >= 11 is 0. The normalized spacial score (nSPS) is 18.9. The van der Waals surface area contributed by atoms with Crippen LogP contribution in [0.1, 0.15) is 24.4 Å². The zero-order chi connectivity index (χ0) is 27.4. The molecule has 0 aliphatic carbocycles. The van der Waals surface area contributed by atoms with Crippen LogP contribution in [0.5, 0.6) is 5.75 Å². The molecule has 0 radical (unpaired) electrons. The number of amides is 1. The van der Waals surface area contributed by atoms with E-state index in [1.807, 2.05) is 41.5 Å². The van der Waals surface area contributed by atoms with E-state index in [4.69, 9.17) is 9.57 Å². The molecule has 0 bridgehead atoms. The fourth-order valence-electron chi connectivity index (χ4n) is 5.11. The molecule has 2 aromatic carbocycles. The van der Waals surface area contributed by atoms with E-state index in [-0.39, 0.29) is 11.9 Å². The second kappa shape index (κ2) is 11.7. The van der Waals surface area contributed by atoms with Crippen molar-refractivity contribution in [3.8, 4) is 5.75 Å². The lowest BCUT2D eigenvalue weighted by atomic mass is 10.0. The Balaban J connectivity index is 1.44. The van der Waals surface area contributed by atoms with Crippen molar-refractivity contribution in [3.05, 3.63) is 73.1 Å². The quantitative estimate of drug-likeness (QED) is 0.392. The summed E-state index contributed by atoms with van der Waals surface area (Å²) in [5, 5.41) is 8.17. The van der Waals surface area contributed by atoms with Gasteiger partial charge in [-0.3, -0.25) is 9.63 Å². The first-order valence-electron chi connectivity index (χ1n) is 13.1. The number of nitrogens with one attached hydrogen (secondary N) is 2. The fraction of sp³-hybridized carbons (Fsp3) is 0.345. The predicted molar refractivity (Wildman–Crippen MR) is 154 cm³/mol. The molecule has 204 valence electrons. The van der Waals surface area contributed by atoms with Gasteiger partial charge in [0.05, 0.1) is 36.8 Å². The Hall–Kier alpha value is -4.15. The van der Waals surface area contributed by atoms with Gasteiger partial charge in [0.25, 0.3) is 0 Å². The van der Waals surface area contributed by atoms with Crippen LogP contribution in [0.15, 0.2) is 67.5 Å². The zero-order valence-corrected chi connectivity index (χ0v) is 22.6. The smallest absolute Gasteiger partial charge is 0.247 e. The molecule has 5 rings (SSSR count). The van der Waals surface area contributed by atoms with Crippen molar-refractivity contribution in [2.24, 2.45) is 0 Å². The van der Waals surface area contributed by atoms with Gasteiger partial charge in [-0.15, -0.1) is 0 Å². The number of ether oxygens (including phenoxy) is 1. The van der Waals surface area contributed by atoms with Gasteiger partial charge in [0.1, 0.15) is 17.9 Å². The van der Waals surface area contributed by atoms with E-state index >= 15 is 0 Å². The Labute approximate surface area is 229 Å². The number of rotatable bonds is 9. The maximum Gasteiger partial charge on any atom is 0.247 e. The monoisotopic (exact) mass is 529 g/mol. The van der Waals surface area contributed by atoms with E-state index in [0.29, 0.717) is 41.4 Å². The van der Waals surface area contributed by atoms with Gasteiger partial charge >= 0.3 is 0 Å². The first-order valence-corrected chi connectivity index (χ1v) is 13.1. The van der Waals surface area contributed by atoms with Crippen LogP contribution in [0.4, 0.5) is 28.7 Å². The molecule has 2 N–H and O–H groups in total. The number of methoxy groups -OCH3 is 1. The van der Waals surface area contributed by atoms with Gasteiger partial charge in [0, 0.05) is 37.7 Å². The average molecular weight is 530 g/mol. The van der Waals surface area contributed by atoms with Crippen LogP contribution in [0, 0.1) is 0 Å². The summed E-state index contributed by atoms with van der Waals surface area (Å²) in [5.41, 5.74) is 3.40. The number of carbonyl (C=O) groups is 1. The van der Waals surface area contributed by atoms with Crippen LogP contribution in [0.3, 0.4) is 0 Å². The molecule has 1 aromatic heterocycles. The molecule has 2 fully saturated rings. The highest BCUT2D eigenvalue weighted by Gasteiger charge is 2.30. The maximum absolute atomic E-state index is 12.3. The van der Waals surface area contributed by atoms with Crippen molar-refractivity contribution in [2.75, 3.05) is 61.5 Å². The molecule has 10 nitrogen and oxygen atoms in total. The third-order valence-electron chi connectivity index (χ3n) is 7.23. The second-order valence-electron chi connectivity index (χ2n) is 9.88. The Bertz CT molecular complexity index is 1320. The number of hydroxylamine groups is 1. The van der Waals surface area contributed by atoms with E-state index in [2.05, 4.69) is 63.2 Å². The van der Waals surface area contributed by atoms with Crippen LogP contribution < -0.4 is 25.3 Å². The molecule has 1 amide bonds. The van der Waals surface area contributed by atoms with E-state index in [9.17, 15) is 4.79 Å². The highest BCUT2D eigenvalue weighted by Crippen LogP contribution is 2.40. The van der Waals surface area contributed by atoms with Crippen LogP contribution in [-0.4, -0.2) is 67.7 Å². The number of carbonyl (C=O) groups excluding carboxylic acids is 1. The maximum atomic E-state index is 12.3. The summed E-state index contributed by atoms with van der Waals surface area (Å²) in [7, 11) is 5.81. The predicted octanol–water partition coefficient (Wildman–Crippen LogP) is 4.38. The Kier molecular flexibility index (Phi) is 7.94. The molecule has 3 aromatic rings. The molecular weight excluding hydrogens is 494 g/mol. The van der Waals surface area contributed by atoms with E-state index in [1.165, 1.54) is 18.0 Å². The highest BCUT2D eigenvalue weighted by molar-refractivity contribution is 6.02. The van der Waals surface area contributed by atoms with E-state index in [1.54, 1.807) is 7.11 Å². The van der Waals surface area contributed by atoms with Gasteiger partial charge in [-0.25, -0.2) is 15.0 Å². The van der Waals surface area contributed by atoms with Gasteiger partial charge in [-0.1, -0.05) is 36.9 Å². The molecule has 0 unspecified atom stereocenters. The minimum atomic E-state index is -0.279. The van der Waals surface area contributed by atoms with Crippen molar-refractivity contribution in [1.29, 1.82) is 0 Å². The van der Waals surface area contributed by atoms with Gasteiger partial charge in [0.15, 0.2) is 5.82 Å². The largest absolute Gasteiger partial charge is 0.494 e. The summed E-state index contributed by atoms with van der Waals surface area (Å²) in [6, 6.07) is 16.4. The Morgan fingerprint density at radius 2 is 1.97 bits per heavy atom. The van der Waals surface area contributed by atoms with Gasteiger partial charge in [0.2, 0.25) is 5.91 Å². The molecule has 2 atom stereocenters. The zero-order valence-electron chi connectivity index (χ0n) is 22.6. The number of nitrogens with zero attached hydrogens (tertiary/aromatic N) is 5. The van der Waals surface area contributed by atoms with Gasteiger partial charge in [-0.05, 0) is 38.2 Å². The molecule has 2 aliphatic heterocycles. The van der Waals surface area contributed by atoms with E-state index in [0.717, 1.165) is 31.6 Å². The lowest BCUT2D eigenvalue weighted by Gasteiger charge is -2.26. The second-order valence-corrected chi connectivity index (χ2v) is 9.88. The number of likely N-dealkylation sites (N-methyl/N-ethyl adjacent to an activating group) is 1. The molecule has 0 saturated carbocycles. The third-order valence-corrected chi connectivity index (χ3v) is 7.23. The number of anilines is 5. The summed E-state index contributed by atoms with van der Waals surface area (Å²) < 4.78 is 5.77. The molecule has 2 aliphatic rings. The summed E-state index contributed by atoms with van der Waals surface area (Å²) in [5.74, 6) is 1.58. The van der Waals surface area contributed by atoms with Crippen LogP contribution in [0.2, 0.25) is 0 Å². The Morgan fingerprint density at radius 1 is 1.15 bits per heavy atom. The molecule has 0 spiro atoms. The Morgan fingerprint density at radius 3 is 2.69 bits per heavy atom. The first-order chi connectivity index (χ1) is 19.0. The molecular formula is C29H35N7O3. The van der Waals surface area contributed by atoms with Crippen molar-refractivity contribution in [1.82, 2.24) is 14.9 Å². The lowest BCUT2D eigenvalue weighted by Crippen LogP contribution is -2.31. The average Bonchev–Trinajstić information content (AvgIpc) is 3.65. The molecule has 10 heteroatoms. The van der Waals surface area contributed by atoms with Crippen molar-refractivity contribution in [2.45, 2.75) is 24.9 Å². The minimum Gasteiger partial charge on any atom is -0.494 e. The first kappa shape index (κ1) is 26.5. The van der Waals surface area contributed by atoms with Gasteiger partial charge in [-0.2, -0.15) is 0 Å². The third kappa shape index (κ3) is 5.81. The highest BCUT2D eigenvalue weighted by atomic mass is 16.7. The fourth-order valence-corrected chi connectivity index (χ4v) is 5.11. The van der Waals surface area contributed by atoms with Crippen molar-refractivity contribution in [3.63, 3.8) is 0 Å². The van der Waals surface area contributed by atoms with Crippen molar-refractivity contribution >= 4 is 34.6 Å². The molecule has 2 saturated heterocycles. The van der Waals surface area contributed by atoms with Crippen molar-refractivity contribution < 1.29 is 14.4 Å². The van der Waals surface area contributed by atoms with Crippen LogP contribution in [-0.2, 0) is 9.63 Å². The molecule has 3 heterocycles. The van der Waals surface area contributed by atoms with Gasteiger partial charge < -0.3 is 25.2 Å². The minimum absolute atomic E-state index is 0.0648. The lowest BCUT2D eigenvalue weighted by molar-refractivity contribution is -0.111. The number of hydrogen-bond acceptors (Lipinski definition) is 9. The molecule has 39 heavy (non-hydrogen) atoms. The SMILES string of the molecule is C=CC(=O)Nc1cc(Nc2cc(N3OCC[C@@H]3c3ccccc3)ncn2)c(OC)cc1N1CC[C@@H](N(C)C)C1. The number of benzene rings is 2. The summed E-state index contributed by atoms with van der Waals surface area (Å²) in [6.45, 7) is 5.96. The van der Waals surface area contributed by atoms with Crippen LogP contribution in [0.25, 0.3) is 0 Å². The van der Waals surface area contributed by atoms with E-state index < -0.39 is 0 Å². The summed E-state index contributed by atoms with van der Waals surface area (Å²) in [4.78, 5) is 31.7. The number of hydrogen-bond donors (Lipinski definition) is 2. The standard InChI is InChI=1S/C29H35N7O3/c1-5-29(37)33-22-15-23(26(38-4)16-25(22)35-13-11-21(18-35)34(2)3)32-27-17-28(31-19-30-27)36-24(12-14-39-36)20-9-7-6-8-10-20/h5-10,15-17,19,21,24H,1,11-14,18H2,2-4H3,(H,33,37)(H,30,31,32)/t21-,24-/m1/s1. The topological polar surface area (TPSA) is 95.1 Å². The summed E-state index contributed by atoms with van der Waals surface area (Å²) in [6.07, 6.45) is 4.68.